The third-order valence-electron chi connectivity index (χ3n) is 0.514. The van der Waals surface area contributed by atoms with Gasteiger partial charge in [0.05, 0.1) is 0 Å². The van der Waals surface area contributed by atoms with Crippen LogP contribution in [0.15, 0.2) is 24.5 Å². The van der Waals surface area contributed by atoms with Gasteiger partial charge in [-0.25, -0.2) is 0 Å². The fourth-order valence-electron chi connectivity index (χ4n) is 0.277. The maximum atomic E-state index is 3.75. The zero-order chi connectivity index (χ0) is 4.24. The quantitative estimate of drug-likeness (QED) is 0.386. The van der Waals surface area contributed by atoms with Gasteiger partial charge >= 0.3 is 17.1 Å². The van der Waals surface area contributed by atoms with Crippen LogP contribution in [0, 0.1) is 6.07 Å². The molecule has 0 aliphatic rings. The number of pyridine rings is 1. The van der Waals surface area contributed by atoms with E-state index in [0.717, 1.165) is 0 Å². The average molecular weight is 142 g/mol. The number of aromatic nitrogens is 1. The van der Waals surface area contributed by atoms with Crippen molar-refractivity contribution >= 4 is 0 Å². The number of rotatable bonds is 0. The Morgan fingerprint density at radius 3 is 1.86 bits per heavy atom. The Morgan fingerprint density at radius 2 is 1.71 bits per heavy atom. The van der Waals surface area contributed by atoms with Crippen LogP contribution in [-0.2, 0) is 17.1 Å². The van der Waals surface area contributed by atoms with Crippen LogP contribution in [0.25, 0.3) is 0 Å². The van der Waals surface area contributed by atoms with Gasteiger partial charge in [0.15, 0.2) is 0 Å². The van der Waals surface area contributed by atoms with Gasteiger partial charge in [0.25, 0.3) is 0 Å². The Balaban J connectivity index is 0.000000360. The first kappa shape index (κ1) is 6.67. The molecule has 0 aromatic carbocycles. The molecule has 1 heterocycles. The molecule has 40 valence electrons. The van der Waals surface area contributed by atoms with Crippen molar-refractivity contribution < 1.29 is 17.1 Å². The molecule has 0 fully saturated rings. The van der Waals surface area contributed by atoms with Crippen molar-refractivity contribution in [1.82, 2.24) is 4.98 Å². The molecular formula is C5H4CuN. The van der Waals surface area contributed by atoms with E-state index in [2.05, 4.69) is 11.1 Å². The van der Waals surface area contributed by atoms with Crippen molar-refractivity contribution in [2.45, 2.75) is 0 Å². The van der Waals surface area contributed by atoms with Crippen LogP contribution in [0.1, 0.15) is 0 Å². The first-order chi connectivity index (χ1) is 3.00. The van der Waals surface area contributed by atoms with Crippen molar-refractivity contribution in [3.8, 4) is 0 Å². The molecule has 0 N–H and O–H groups in total. The van der Waals surface area contributed by atoms with Crippen molar-refractivity contribution in [2.24, 2.45) is 0 Å². The van der Waals surface area contributed by atoms with Gasteiger partial charge in [-0.1, -0.05) is 12.4 Å². The molecule has 0 aliphatic heterocycles. The minimum Gasteiger partial charge on any atom is -0.391 e. The third kappa shape index (κ3) is 2.38. The van der Waals surface area contributed by atoms with E-state index in [1.165, 1.54) is 0 Å². The van der Waals surface area contributed by atoms with Crippen LogP contribution < -0.4 is 0 Å². The minimum atomic E-state index is 0. The van der Waals surface area contributed by atoms with E-state index in [1.807, 2.05) is 0 Å². The monoisotopic (exact) mass is 141 g/mol. The van der Waals surface area contributed by atoms with Gasteiger partial charge in [0.2, 0.25) is 0 Å². The molecular weight excluding hydrogens is 138 g/mol. The molecule has 1 aromatic rings. The molecule has 0 bridgehead atoms. The van der Waals surface area contributed by atoms with E-state index in [0.29, 0.717) is 0 Å². The van der Waals surface area contributed by atoms with Crippen LogP contribution in [0.4, 0.5) is 0 Å². The van der Waals surface area contributed by atoms with Gasteiger partial charge in [0, 0.05) is 0 Å². The normalized spacial score (nSPS) is 6.86. The minimum absolute atomic E-state index is 0. The Kier molecular flexibility index (Phi) is 3.66. The van der Waals surface area contributed by atoms with Crippen molar-refractivity contribution in [1.29, 1.82) is 0 Å². The second-order valence-corrected chi connectivity index (χ2v) is 0.947. The van der Waals surface area contributed by atoms with Gasteiger partial charge in [-0.05, 0) is 0 Å². The van der Waals surface area contributed by atoms with E-state index < -0.39 is 0 Å². The first-order valence-corrected chi connectivity index (χ1v) is 1.76. The van der Waals surface area contributed by atoms with Crippen molar-refractivity contribution in [3.63, 3.8) is 0 Å². The molecule has 0 amide bonds. The predicted molar refractivity (Wildman–Crippen MR) is 23.1 cm³/mol. The van der Waals surface area contributed by atoms with Crippen LogP contribution >= 0.6 is 0 Å². The van der Waals surface area contributed by atoms with Gasteiger partial charge in [-0.2, -0.15) is 18.2 Å². The van der Waals surface area contributed by atoms with Crippen LogP contribution in [0.2, 0.25) is 0 Å². The SMILES string of the molecule is [Cu+].[c-]1ccncc1. The predicted octanol–water partition coefficient (Wildman–Crippen LogP) is 0.879. The summed E-state index contributed by atoms with van der Waals surface area (Å²) in [6.07, 6.45) is 3.39. The van der Waals surface area contributed by atoms with E-state index in [4.69, 9.17) is 0 Å². The summed E-state index contributed by atoms with van der Waals surface area (Å²) in [4.78, 5) is 3.75. The molecule has 0 aliphatic carbocycles. The molecule has 0 radical (unpaired) electrons. The summed E-state index contributed by atoms with van der Waals surface area (Å²) in [7, 11) is 0. The van der Waals surface area contributed by atoms with Gasteiger partial charge in [-0.3, -0.25) is 0 Å². The molecule has 1 aromatic heterocycles. The number of nitrogens with zero attached hydrogens (tertiary/aromatic N) is 1. The van der Waals surface area contributed by atoms with Gasteiger partial charge < -0.3 is 4.98 Å². The van der Waals surface area contributed by atoms with Crippen LogP contribution in [0.3, 0.4) is 0 Å². The Hall–Kier alpha value is -0.331. The third-order valence-corrected chi connectivity index (χ3v) is 0.514. The Labute approximate surface area is 53.2 Å². The summed E-state index contributed by atoms with van der Waals surface area (Å²) in [5, 5.41) is 0. The summed E-state index contributed by atoms with van der Waals surface area (Å²) < 4.78 is 0. The molecule has 0 atom stereocenters. The van der Waals surface area contributed by atoms with Crippen molar-refractivity contribution in [2.75, 3.05) is 0 Å². The topological polar surface area (TPSA) is 12.9 Å². The van der Waals surface area contributed by atoms with Crippen LogP contribution in [0.5, 0.6) is 0 Å². The molecule has 1 nitrogen and oxygen atoms in total. The standard InChI is InChI=1S/C5H4N.Cu/c1-2-4-6-5-3-1;/h2-5H;/q-1;+1. The maximum absolute atomic E-state index is 3.75. The zero-order valence-electron chi connectivity index (χ0n) is 3.56. The summed E-state index contributed by atoms with van der Waals surface area (Å²) in [6.45, 7) is 0. The molecule has 1 rings (SSSR count). The van der Waals surface area contributed by atoms with E-state index in [-0.39, 0.29) is 17.1 Å². The fourth-order valence-corrected chi connectivity index (χ4v) is 0.277. The van der Waals surface area contributed by atoms with E-state index in [1.54, 1.807) is 24.5 Å². The summed E-state index contributed by atoms with van der Waals surface area (Å²) in [6, 6.07) is 6.36. The molecule has 0 saturated carbocycles. The van der Waals surface area contributed by atoms with Gasteiger partial charge in [-0.15, -0.1) is 0 Å². The smallest absolute Gasteiger partial charge is 0.391 e. The average Bonchev–Trinajstić information content (AvgIpc) is 1.72. The molecule has 0 saturated heterocycles. The van der Waals surface area contributed by atoms with E-state index in [9.17, 15) is 0 Å². The molecule has 0 unspecified atom stereocenters. The molecule has 2 heteroatoms. The molecule has 7 heavy (non-hydrogen) atoms. The number of hydrogen-bond acceptors (Lipinski definition) is 1. The van der Waals surface area contributed by atoms with Gasteiger partial charge in [0.1, 0.15) is 0 Å². The second kappa shape index (κ2) is 3.85. The number of hydrogen-bond donors (Lipinski definition) is 0. The first-order valence-electron chi connectivity index (χ1n) is 1.76. The fraction of sp³-hybridized carbons (Fsp3) is 0. The summed E-state index contributed by atoms with van der Waals surface area (Å²) in [5.74, 6) is 0. The second-order valence-electron chi connectivity index (χ2n) is 0.947. The summed E-state index contributed by atoms with van der Waals surface area (Å²) in [5.41, 5.74) is 0. The van der Waals surface area contributed by atoms with Crippen molar-refractivity contribution in [3.05, 3.63) is 30.6 Å². The largest absolute Gasteiger partial charge is 1.00 e. The molecule has 0 spiro atoms. The Morgan fingerprint density at radius 1 is 1.14 bits per heavy atom. The van der Waals surface area contributed by atoms with Crippen LogP contribution in [-0.4, -0.2) is 4.98 Å². The zero-order valence-corrected chi connectivity index (χ0v) is 4.50. The summed E-state index contributed by atoms with van der Waals surface area (Å²) >= 11 is 0. The maximum Gasteiger partial charge on any atom is 1.00 e. The van der Waals surface area contributed by atoms with E-state index >= 15 is 0 Å². The Bertz CT molecular complexity index is 80.0.